The molecule has 0 aromatic heterocycles. The van der Waals surface area contributed by atoms with E-state index in [2.05, 4.69) is 20.1 Å². The van der Waals surface area contributed by atoms with E-state index >= 15 is 0 Å². The molecule has 1 N–H and O–H groups in total. The number of carbonyl (C=O) groups is 3. The molecule has 34 heavy (non-hydrogen) atoms. The van der Waals surface area contributed by atoms with E-state index in [0.29, 0.717) is 13.2 Å². The number of ether oxygens (including phenoxy) is 1. The van der Waals surface area contributed by atoms with Crippen LogP contribution < -0.4 is 0 Å². The molecule has 1 spiro atoms. The number of nitrogens with zero attached hydrogens (tertiary/aromatic N) is 2. The molecule has 3 unspecified atom stereocenters. The van der Waals surface area contributed by atoms with Crippen LogP contribution in [0.15, 0.2) is 25.3 Å². The number of aliphatic hydroxyl groups excluding tert-OH is 1. The van der Waals surface area contributed by atoms with Crippen molar-refractivity contribution < 1.29 is 24.2 Å². The number of amides is 2. The minimum atomic E-state index is -0.732. The van der Waals surface area contributed by atoms with Crippen molar-refractivity contribution in [3.8, 4) is 0 Å². The molecule has 0 radical (unpaired) electrons. The number of esters is 1. The fraction of sp³-hybridized carbons (Fsp3) is 0.731. The molecule has 0 aromatic carbocycles. The Balaban J connectivity index is 1.96. The second-order valence-electron chi connectivity index (χ2n) is 10.2. The van der Waals surface area contributed by atoms with Crippen LogP contribution in [0.5, 0.6) is 0 Å². The van der Waals surface area contributed by atoms with Crippen molar-refractivity contribution in [3.05, 3.63) is 25.3 Å². The fourth-order valence-corrected chi connectivity index (χ4v) is 8.47. The lowest BCUT2D eigenvalue weighted by Gasteiger charge is -2.42. The summed E-state index contributed by atoms with van der Waals surface area (Å²) in [5.41, 5.74) is 0. The third-order valence-corrected chi connectivity index (χ3v) is 9.78. The maximum atomic E-state index is 14.0. The number of hydrogen-bond acceptors (Lipinski definition) is 6. The summed E-state index contributed by atoms with van der Waals surface area (Å²) in [6.07, 6.45) is 6.82. The second-order valence-corrected chi connectivity index (χ2v) is 11.7. The number of thioether (sulfide) groups is 1. The summed E-state index contributed by atoms with van der Waals surface area (Å²) in [4.78, 5) is 44.5. The Bertz CT molecular complexity index is 817. The average molecular weight is 493 g/mol. The number of rotatable bonds is 12. The van der Waals surface area contributed by atoms with E-state index in [1.54, 1.807) is 34.6 Å². The van der Waals surface area contributed by atoms with Gasteiger partial charge in [-0.15, -0.1) is 24.9 Å². The zero-order chi connectivity index (χ0) is 25.2. The number of aliphatic hydroxyl groups is 1. The van der Waals surface area contributed by atoms with Gasteiger partial charge in [-0.3, -0.25) is 14.4 Å². The Labute approximate surface area is 208 Å². The van der Waals surface area contributed by atoms with Crippen molar-refractivity contribution in [2.45, 2.75) is 81.5 Å². The van der Waals surface area contributed by atoms with Gasteiger partial charge in [0, 0.05) is 17.8 Å². The Kier molecular flexibility index (Phi) is 8.56. The SMILES string of the molecule is C=CCCCCOC(=O)[C@@H]1[C@H]2C(=O)N([C@H](C)CO)C(C(=O)N(CC=C)C(C)C)C23S[C@@H]1CC3C. The molecule has 2 bridgehead atoms. The summed E-state index contributed by atoms with van der Waals surface area (Å²) >= 11 is 1.63. The fourth-order valence-electron chi connectivity index (χ4n) is 6.08. The van der Waals surface area contributed by atoms with Crippen molar-refractivity contribution in [1.82, 2.24) is 9.80 Å². The molecule has 3 aliphatic heterocycles. The monoisotopic (exact) mass is 492 g/mol. The van der Waals surface area contributed by atoms with Gasteiger partial charge in [0.15, 0.2) is 0 Å². The van der Waals surface area contributed by atoms with E-state index in [1.807, 2.05) is 19.9 Å². The molecule has 0 aromatic rings. The minimum absolute atomic E-state index is 0.0431. The number of carbonyl (C=O) groups excluding carboxylic acids is 3. The lowest BCUT2D eigenvalue weighted by molar-refractivity contribution is -0.155. The molecule has 0 saturated carbocycles. The van der Waals surface area contributed by atoms with Crippen molar-refractivity contribution >= 4 is 29.5 Å². The average Bonchev–Trinajstić information content (AvgIpc) is 3.39. The van der Waals surface area contributed by atoms with Gasteiger partial charge >= 0.3 is 5.97 Å². The largest absolute Gasteiger partial charge is 0.465 e. The summed E-state index contributed by atoms with van der Waals surface area (Å²) in [6.45, 7) is 15.7. The van der Waals surface area contributed by atoms with Crippen molar-refractivity contribution in [3.63, 3.8) is 0 Å². The highest BCUT2D eigenvalue weighted by atomic mass is 32.2. The molecular weight excluding hydrogens is 452 g/mol. The molecule has 7 nitrogen and oxygen atoms in total. The zero-order valence-electron chi connectivity index (χ0n) is 20.9. The first kappa shape index (κ1) is 26.8. The number of likely N-dealkylation sites (tertiary alicyclic amines) is 1. The van der Waals surface area contributed by atoms with Crippen molar-refractivity contribution in [2.75, 3.05) is 19.8 Å². The van der Waals surface area contributed by atoms with Gasteiger partial charge in [0.1, 0.15) is 6.04 Å². The molecule has 7 atom stereocenters. The van der Waals surface area contributed by atoms with E-state index in [4.69, 9.17) is 4.74 Å². The van der Waals surface area contributed by atoms with E-state index in [9.17, 15) is 19.5 Å². The smallest absolute Gasteiger partial charge is 0.310 e. The van der Waals surface area contributed by atoms with Gasteiger partial charge in [-0.25, -0.2) is 0 Å². The molecule has 3 fully saturated rings. The molecule has 2 amide bonds. The van der Waals surface area contributed by atoms with E-state index in [1.165, 1.54) is 0 Å². The first-order chi connectivity index (χ1) is 16.2. The summed E-state index contributed by atoms with van der Waals surface area (Å²) in [7, 11) is 0. The molecule has 190 valence electrons. The third-order valence-electron chi connectivity index (χ3n) is 7.71. The highest BCUT2D eigenvalue weighted by molar-refractivity contribution is 8.02. The maximum Gasteiger partial charge on any atom is 0.310 e. The lowest BCUT2D eigenvalue weighted by atomic mass is 9.66. The van der Waals surface area contributed by atoms with Crippen LogP contribution in [0, 0.1) is 17.8 Å². The minimum Gasteiger partial charge on any atom is -0.465 e. The number of unbranched alkanes of at least 4 members (excludes halogenated alkanes) is 2. The molecular formula is C26H40N2O5S. The van der Waals surface area contributed by atoms with Crippen LogP contribution in [0.2, 0.25) is 0 Å². The van der Waals surface area contributed by atoms with Crippen LogP contribution in [0.1, 0.15) is 53.4 Å². The van der Waals surface area contributed by atoms with Crippen LogP contribution >= 0.6 is 11.8 Å². The molecule has 3 heterocycles. The summed E-state index contributed by atoms with van der Waals surface area (Å²) < 4.78 is 4.94. The summed E-state index contributed by atoms with van der Waals surface area (Å²) in [5, 5.41) is 9.94. The Morgan fingerprint density at radius 1 is 1.29 bits per heavy atom. The van der Waals surface area contributed by atoms with E-state index < -0.39 is 28.7 Å². The highest BCUT2D eigenvalue weighted by Gasteiger charge is 2.77. The second kappa shape index (κ2) is 10.9. The topological polar surface area (TPSA) is 87.1 Å². The van der Waals surface area contributed by atoms with Gasteiger partial charge < -0.3 is 19.6 Å². The number of allylic oxidation sites excluding steroid dienone is 1. The Morgan fingerprint density at radius 2 is 2.00 bits per heavy atom. The van der Waals surface area contributed by atoms with Crippen LogP contribution in [-0.2, 0) is 19.1 Å². The van der Waals surface area contributed by atoms with Crippen molar-refractivity contribution in [1.29, 1.82) is 0 Å². The first-order valence-corrected chi connectivity index (χ1v) is 13.3. The lowest BCUT2D eigenvalue weighted by Crippen LogP contribution is -2.59. The summed E-state index contributed by atoms with van der Waals surface area (Å²) in [6, 6.07) is -1.33. The van der Waals surface area contributed by atoms with Crippen LogP contribution in [0.25, 0.3) is 0 Å². The van der Waals surface area contributed by atoms with Gasteiger partial charge in [0.25, 0.3) is 0 Å². The quantitative estimate of drug-likeness (QED) is 0.256. The Hall–Kier alpha value is -1.80. The van der Waals surface area contributed by atoms with Crippen LogP contribution in [0.3, 0.4) is 0 Å². The molecule has 3 rings (SSSR count). The predicted molar refractivity (Wildman–Crippen MR) is 134 cm³/mol. The molecule has 8 heteroatoms. The third kappa shape index (κ3) is 4.32. The van der Waals surface area contributed by atoms with Gasteiger partial charge in [-0.1, -0.05) is 19.1 Å². The van der Waals surface area contributed by atoms with Gasteiger partial charge in [-0.05, 0) is 52.4 Å². The normalized spacial score (nSPS) is 32.6. The summed E-state index contributed by atoms with van der Waals surface area (Å²) in [5.74, 6) is -1.78. The first-order valence-electron chi connectivity index (χ1n) is 12.5. The molecule has 3 aliphatic rings. The van der Waals surface area contributed by atoms with Crippen LogP contribution in [0.4, 0.5) is 0 Å². The number of hydrogen-bond donors (Lipinski definition) is 1. The maximum absolute atomic E-state index is 14.0. The highest BCUT2D eigenvalue weighted by Crippen LogP contribution is 2.69. The predicted octanol–water partition coefficient (Wildman–Crippen LogP) is 3.03. The van der Waals surface area contributed by atoms with Gasteiger partial charge in [0.2, 0.25) is 11.8 Å². The molecule has 3 saturated heterocycles. The molecule has 0 aliphatic carbocycles. The Morgan fingerprint density at radius 3 is 2.59 bits per heavy atom. The number of fused-ring (bicyclic) bond motifs is 1. The van der Waals surface area contributed by atoms with Gasteiger partial charge in [-0.2, -0.15) is 0 Å². The van der Waals surface area contributed by atoms with E-state index in [-0.39, 0.29) is 41.6 Å². The standard InChI is InChI=1S/C26H40N2O5S/c1-7-9-10-11-13-33-25(32)20-19-14-17(5)26(34-19)21(20)23(30)28(18(6)15-29)22(26)24(31)27(12-8-2)16(3)4/h7-8,16-22,29H,1-2,9-15H2,3-6H3/t17?,18-,19-,20+,21+,22?,26?/m1/s1. The van der Waals surface area contributed by atoms with Crippen molar-refractivity contribution in [2.24, 2.45) is 17.8 Å². The van der Waals surface area contributed by atoms with Gasteiger partial charge in [0.05, 0.1) is 35.8 Å². The van der Waals surface area contributed by atoms with Crippen LogP contribution in [-0.4, -0.2) is 80.6 Å². The zero-order valence-corrected chi connectivity index (χ0v) is 21.8. The van der Waals surface area contributed by atoms with E-state index in [0.717, 1.165) is 25.7 Å².